The smallest absolute Gasteiger partial charge is 0.123 e. The highest BCUT2D eigenvalue weighted by Crippen LogP contribution is 2.29. The minimum atomic E-state index is -0.138. The van der Waals surface area contributed by atoms with Crippen molar-refractivity contribution < 1.29 is 4.39 Å². The number of hydrogen-bond donors (Lipinski definition) is 1. The maximum Gasteiger partial charge on any atom is 0.123 e. The zero-order valence-electron chi connectivity index (χ0n) is 12.1. The van der Waals surface area contributed by atoms with Crippen LogP contribution in [0.25, 0.3) is 0 Å². The van der Waals surface area contributed by atoms with Crippen LogP contribution in [0.3, 0.4) is 0 Å². The van der Waals surface area contributed by atoms with Crippen molar-refractivity contribution in [1.82, 2.24) is 5.32 Å². The average Bonchev–Trinajstić information content (AvgIpc) is 2.45. The number of nitrogens with zero attached hydrogens (tertiary/aromatic N) is 1. The normalized spacial score (nSPS) is 17.5. The average molecular weight is 264 g/mol. The van der Waals surface area contributed by atoms with E-state index in [-0.39, 0.29) is 11.9 Å². The summed E-state index contributed by atoms with van der Waals surface area (Å²) < 4.78 is 13.6. The molecule has 19 heavy (non-hydrogen) atoms. The van der Waals surface area contributed by atoms with Gasteiger partial charge in [-0.25, -0.2) is 4.39 Å². The van der Waals surface area contributed by atoms with Crippen LogP contribution in [0.2, 0.25) is 0 Å². The van der Waals surface area contributed by atoms with E-state index in [1.807, 2.05) is 6.07 Å². The molecular formula is C16H25FN2. The fourth-order valence-electron chi connectivity index (χ4n) is 2.77. The van der Waals surface area contributed by atoms with Crippen molar-refractivity contribution in [2.75, 3.05) is 24.5 Å². The third-order valence-electron chi connectivity index (χ3n) is 3.85. The topological polar surface area (TPSA) is 15.3 Å². The monoisotopic (exact) mass is 264 g/mol. The predicted octanol–water partition coefficient (Wildman–Crippen LogP) is 3.88. The van der Waals surface area contributed by atoms with Crippen molar-refractivity contribution >= 4 is 5.69 Å². The molecule has 0 bridgehead atoms. The van der Waals surface area contributed by atoms with Crippen molar-refractivity contribution in [3.8, 4) is 0 Å². The molecule has 1 fully saturated rings. The molecule has 1 N–H and O–H groups in total. The molecule has 106 valence electrons. The van der Waals surface area contributed by atoms with Crippen LogP contribution in [-0.4, -0.2) is 19.6 Å². The van der Waals surface area contributed by atoms with E-state index in [1.54, 1.807) is 12.1 Å². The molecule has 0 amide bonds. The van der Waals surface area contributed by atoms with E-state index in [4.69, 9.17) is 0 Å². The van der Waals surface area contributed by atoms with E-state index in [1.165, 1.54) is 24.9 Å². The van der Waals surface area contributed by atoms with Crippen LogP contribution in [0.5, 0.6) is 0 Å². The molecule has 3 heteroatoms. The zero-order valence-corrected chi connectivity index (χ0v) is 12.1. The van der Waals surface area contributed by atoms with Gasteiger partial charge in [0.25, 0.3) is 0 Å². The standard InChI is InChI=1S/C16H25FN2/c1-3-9-18-13(2)15-12-14(17)7-8-16(15)19-10-5-4-6-11-19/h7-8,12-13,18H,3-6,9-11H2,1-2H3. The fourth-order valence-corrected chi connectivity index (χ4v) is 2.77. The Morgan fingerprint density at radius 3 is 2.68 bits per heavy atom. The van der Waals surface area contributed by atoms with E-state index in [0.29, 0.717) is 0 Å². The minimum absolute atomic E-state index is 0.138. The van der Waals surface area contributed by atoms with E-state index < -0.39 is 0 Å². The highest BCUT2D eigenvalue weighted by atomic mass is 19.1. The third kappa shape index (κ3) is 3.69. The molecule has 1 unspecified atom stereocenters. The molecule has 1 saturated heterocycles. The van der Waals surface area contributed by atoms with Gasteiger partial charge in [-0.2, -0.15) is 0 Å². The van der Waals surface area contributed by atoms with Gasteiger partial charge in [0.15, 0.2) is 0 Å². The quantitative estimate of drug-likeness (QED) is 0.868. The van der Waals surface area contributed by atoms with Gasteiger partial charge in [0, 0.05) is 24.8 Å². The lowest BCUT2D eigenvalue weighted by Gasteiger charge is -2.32. The van der Waals surface area contributed by atoms with E-state index in [9.17, 15) is 4.39 Å². The van der Waals surface area contributed by atoms with Crippen LogP contribution in [0, 0.1) is 5.82 Å². The molecule has 0 aromatic heterocycles. The number of nitrogens with one attached hydrogen (secondary N) is 1. The van der Waals surface area contributed by atoms with Crippen LogP contribution >= 0.6 is 0 Å². The van der Waals surface area contributed by atoms with Crippen molar-refractivity contribution in [3.63, 3.8) is 0 Å². The second kappa shape index (κ2) is 6.90. The first-order valence-electron chi connectivity index (χ1n) is 7.50. The third-order valence-corrected chi connectivity index (χ3v) is 3.85. The largest absolute Gasteiger partial charge is 0.371 e. The molecule has 0 radical (unpaired) electrons. The summed E-state index contributed by atoms with van der Waals surface area (Å²) in [5.41, 5.74) is 2.30. The lowest BCUT2D eigenvalue weighted by Crippen LogP contribution is -2.31. The number of hydrogen-bond acceptors (Lipinski definition) is 2. The number of anilines is 1. The van der Waals surface area contributed by atoms with Crippen molar-refractivity contribution in [2.24, 2.45) is 0 Å². The number of rotatable bonds is 5. The SMILES string of the molecule is CCCNC(C)c1cc(F)ccc1N1CCCCC1. The van der Waals surface area contributed by atoms with Gasteiger partial charge in [0.2, 0.25) is 0 Å². The number of piperidine rings is 1. The summed E-state index contributed by atoms with van der Waals surface area (Å²) in [6.07, 6.45) is 4.90. The Balaban J connectivity index is 2.21. The van der Waals surface area contributed by atoms with Crippen LogP contribution in [0.4, 0.5) is 10.1 Å². The first kappa shape index (κ1) is 14.3. The van der Waals surface area contributed by atoms with Gasteiger partial charge < -0.3 is 10.2 Å². The first-order chi connectivity index (χ1) is 9.22. The number of benzene rings is 1. The summed E-state index contributed by atoms with van der Waals surface area (Å²) in [4.78, 5) is 2.41. The van der Waals surface area contributed by atoms with E-state index in [2.05, 4.69) is 24.1 Å². The van der Waals surface area contributed by atoms with Crippen LogP contribution in [0.1, 0.15) is 51.1 Å². The lowest BCUT2D eigenvalue weighted by molar-refractivity contribution is 0.547. The zero-order chi connectivity index (χ0) is 13.7. The van der Waals surface area contributed by atoms with Crippen molar-refractivity contribution in [1.29, 1.82) is 0 Å². The molecule has 2 rings (SSSR count). The molecule has 0 spiro atoms. The molecule has 1 atom stereocenters. The maximum atomic E-state index is 13.6. The molecule has 2 nitrogen and oxygen atoms in total. The van der Waals surface area contributed by atoms with E-state index in [0.717, 1.165) is 31.6 Å². The molecule has 0 aliphatic carbocycles. The van der Waals surface area contributed by atoms with Crippen LogP contribution < -0.4 is 10.2 Å². The van der Waals surface area contributed by atoms with Gasteiger partial charge >= 0.3 is 0 Å². The van der Waals surface area contributed by atoms with Gasteiger partial charge in [-0.3, -0.25) is 0 Å². The molecule has 1 aromatic rings. The van der Waals surface area contributed by atoms with Crippen LogP contribution in [-0.2, 0) is 0 Å². The minimum Gasteiger partial charge on any atom is -0.371 e. The lowest BCUT2D eigenvalue weighted by atomic mass is 10.0. The summed E-state index contributed by atoms with van der Waals surface area (Å²) in [7, 11) is 0. The van der Waals surface area contributed by atoms with Gasteiger partial charge in [0.1, 0.15) is 5.82 Å². The Morgan fingerprint density at radius 2 is 2.00 bits per heavy atom. The predicted molar refractivity (Wildman–Crippen MR) is 79.2 cm³/mol. The Kier molecular flexibility index (Phi) is 5.20. The summed E-state index contributed by atoms with van der Waals surface area (Å²) in [6.45, 7) is 7.43. The highest BCUT2D eigenvalue weighted by molar-refractivity contribution is 5.55. The Hall–Kier alpha value is -1.09. The van der Waals surface area contributed by atoms with Gasteiger partial charge in [0.05, 0.1) is 0 Å². The molecule has 1 heterocycles. The number of halogens is 1. The summed E-state index contributed by atoms with van der Waals surface area (Å²) in [5.74, 6) is -0.138. The molecule has 1 aliphatic heterocycles. The first-order valence-corrected chi connectivity index (χ1v) is 7.50. The second-order valence-electron chi connectivity index (χ2n) is 5.43. The van der Waals surface area contributed by atoms with E-state index >= 15 is 0 Å². The fraction of sp³-hybridized carbons (Fsp3) is 0.625. The summed E-state index contributed by atoms with van der Waals surface area (Å²) in [6, 6.07) is 5.42. The molecular weight excluding hydrogens is 239 g/mol. The van der Waals surface area contributed by atoms with Crippen molar-refractivity contribution in [3.05, 3.63) is 29.6 Å². The van der Waals surface area contributed by atoms with Gasteiger partial charge in [-0.1, -0.05) is 6.92 Å². The second-order valence-corrected chi connectivity index (χ2v) is 5.43. The Bertz CT molecular complexity index is 400. The summed E-state index contributed by atoms with van der Waals surface area (Å²) in [5, 5.41) is 3.46. The van der Waals surface area contributed by atoms with Gasteiger partial charge in [-0.05, 0) is 62.9 Å². The molecule has 1 aliphatic rings. The summed E-state index contributed by atoms with van der Waals surface area (Å²) >= 11 is 0. The van der Waals surface area contributed by atoms with Crippen molar-refractivity contribution in [2.45, 2.75) is 45.6 Å². The Morgan fingerprint density at radius 1 is 1.26 bits per heavy atom. The Labute approximate surface area is 116 Å². The van der Waals surface area contributed by atoms with Crippen LogP contribution in [0.15, 0.2) is 18.2 Å². The molecule has 0 saturated carbocycles. The highest BCUT2D eigenvalue weighted by Gasteiger charge is 2.18. The molecule has 1 aromatic carbocycles. The maximum absolute atomic E-state index is 13.6. The van der Waals surface area contributed by atoms with Gasteiger partial charge in [-0.15, -0.1) is 0 Å².